The lowest BCUT2D eigenvalue weighted by atomic mass is 10.0. The smallest absolute Gasteiger partial charge is 0.305 e. The maximum absolute atomic E-state index is 12.5. The molecule has 79 heavy (non-hydrogen) atoms. The first-order chi connectivity index (χ1) is 39.0. The van der Waals surface area contributed by atoms with Crippen molar-refractivity contribution in [3.05, 3.63) is 48.6 Å². The molecule has 3 N–H and O–H groups in total. The molecule has 6 nitrogen and oxygen atoms in total. The van der Waals surface area contributed by atoms with Crippen LogP contribution in [0.5, 0.6) is 0 Å². The number of allylic oxidation sites excluding steroid dienone is 7. The average Bonchev–Trinajstić information content (AvgIpc) is 3.45. The second-order valence-electron chi connectivity index (χ2n) is 24.2. The number of unbranched alkanes of at least 4 members (excludes halogenated alkanes) is 49. The monoisotopic (exact) mass is 1110 g/mol. The maximum Gasteiger partial charge on any atom is 0.305 e. The molecule has 0 radical (unpaired) electrons. The number of carbonyl (C=O) groups excluding carboxylic acids is 2. The summed E-state index contributed by atoms with van der Waals surface area (Å²) in [5, 5.41) is 23.3. The first-order valence-corrected chi connectivity index (χ1v) is 35.4. The second kappa shape index (κ2) is 68.3. The van der Waals surface area contributed by atoms with Crippen LogP contribution in [-0.4, -0.2) is 47.4 Å². The van der Waals surface area contributed by atoms with Crippen molar-refractivity contribution in [2.75, 3.05) is 13.2 Å². The molecular weight excluding hydrogens is 971 g/mol. The molecule has 0 aliphatic rings. The number of aliphatic hydroxyl groups is 2. The maximum atomic E-state index is 12.5. The van der Waals surface area contributed by atoms with Crippen LogP contribution in [0.1, 0.15) is 380 Å². The van der Waals surface area contributed by atoms with E-state index in [0.29, 0.717) is 19.4 Å². The number of ether oxygens (including phenoxy) is 1. The second-order valence-corrected chi connectivity index (χ2v) is 24.2. The summed E-state index contributed by atoms with van der Waals surface area (Å²) in [6.07, 6.45) is 88.9. The number of amides is 1. The van der Waals surface area contributed by atoms with Gasteiger partial charge < -0.3 is 20.3 Å². The Kier molecular flexibility index (Phi) is 66.4. The summed E-state index contributed by atoms with van der Waals surface area (Å²) in [6, 6.07) is -0.635. The molecule has 0 rings (SSSR count). The summed E-state index contributed by atoms with van der Waals surface area (Å²) in [5.41, 5.74) is 0. The molecule has 2 atom stereocenters. The molecule has 0 aliphatic heterocycles. The molecule has 0 fully saturated rings. The highest BCUT2D eigenvalue weighted by atomic mass is 16.5. The molecule has 464 valence electrons. The van der Waals surface area contributed by atoms with Crippen molar-refractivity contribution in [1.29, 1.82) is 0 Å². The molecule has 2 unspecified atom stereocenters. The van der Waals surface area contributed by atoms with E-state index in [1.54, 1.807) is 6.08 Å². The predicted molar refractivity (Wildman–Crippen MR) is 347 cm³/mol. The van der Waals surface area contributed by atoms with Gasteiger partial charge in [0.2, 0.25) is 5.91 Å². The van der Waals surface area contributed by atoms with Crippen LogP contribution in [0, 0.1) is 0 Å². The summed E-state index contributed by atoms with van der Waals surface area (Å²) in [4.78, 5) is 24.6. The molecular formula is C73H137NO5. The standard InChI is InChI=1S/C73H137NO5/c1-3-5-7-9-11-13-15-17-19-21-22-23-24-27-30-34-37-41-45-49-53-57-61-65-71(76)70(69-75)74-72(77)66-62-58-54-50-46-42-38-35-31-28-25-26-29-32-36-40-44-48-52-56-60-64-68-79-73(78)67-63-59-55-51-47-43-39-33-20-18-16-14-12-10-8-6-4-2/h12,14,18,20,28,31,61,65,70-71,75-76H,3-11,13,15-17,19,21-27,29-30,32-60,62-64,66-69H2,1-2H3,(H,74,77)/b14-12-,20-18-,31-28-,65-61+. The number of carbonyl (C=O) groups is 2. The van der Waals surface area contributed by atoms with Gasteiger partial charge in [-0.1, -0.05) is 326 Å². The van der Waals surface area contributed by atoms with Gasteiger partial charge in [0.15, 0.2) is 0 Å². The zero-order valence-corrected chi connectivity index (χ0v) is 53.1. The Morgan fingerprint density at radius 2 is 0.633 bits per heavy atom. The minimum atomic E-state index is -0.851. The Morgan fingerprint density at radius 3 is 1.00 bits per heavy atom. The Balaban J connectivity index is 3.45. The molecule has 1 amide bonds. The highest BCUT2D eigenvalue weighted by Gasteiger charge is 2.18. The highest BCUT2D eigenvalue weighted by molar-refractivity contribution is 5.76. The first kappa shape index (κ1) is 76.8. The number of hydrogen-bond donors (Lipinski definition) is 3. The Hall–Kier alpha value is -2.18. The van der Waals surface area contributed by atoms with Gasteiger partial charge in [0, 0.05) is 12.8 Å². The lowest BCUT2D eigenvalue weighted by molar-refractivity contribution is -0.143. The fraction of sp³-hybridized carbons (Fsp3) is 0.863. The molecule has 6 heteroatoms. The zero-order valence-electron chi connectivity index (χ0n) is 53.1. The van der Waals surface area contributed by atoms with Crippen LogP contribution in [0.25, 0.3) is 0 Å². The van der Waals surface area contributed by atoms with E-state index in [-0.39, 0.29) is 18.5 Å². The minimum Gasteiger partial charge on any atom is -0.466 e. The Bertz CT molecular complexity index is 1320. The van der Waals surface area contributed by atoms with Crippen molar-refractivity contribution in [3.8, 4) is 0 Å². The zero-order chi connectivity index (χ0) is 57.1. The highest BCUT2D eigenvalue weighted by Crippen LogP contribution is 2.18. The van der Waals surface area contributed by atoms with Gasteiger partial charge in [0.1, 0.15) is 0 Å². The lowest BCUT2D eigenvalue weighted by Crippen LogP contribution is -2.45. The molecule has 0 aliphatic carbocycles. The Labute approximate surface area is 493 Å². The van der Waals surface area contributed by atoms with E-state index in [9.17, 15) is 19.8 Å². The van der Waals surface area contributed by atoms with Gasteiger partial charge in [-0.3, -0.25) is 9.59 Å². The number of nitrogens with one attached hydrogen (secondary N) is 1. The topological polar surface area (TPSA) is 95.9 Å². The molecule has 0 aromatic carbocycles. The summed E-state index contributed by atoms with van der Waals surface area (Å²) in [6.45, 7) is 4.90. The molecule has 0 aromatic heterocycles. The van der Waals surface area contributed by atoms with Gasteiger partial charge >= 0.3 is 5.97 Å². The van der Waals surface area contributed by atoms with Crippen LogP contribution in [-0.2, 0) is 14.3 Å². The largest absolute Gasteiger partial charge is 0.466 e. The molecule has 0 bridgehead atoms. The summed E-state index contributed by atoms with van der Waals surface area (Å²) in [5.74, 6) is -0.0699. The van der Waals surface area contributed by atoms with Crippen molar-refractivity contribution in [1.82, 2.24) is 5.32 Å². The minimum absolute atomic E-state index is 0.00194. The van der Waals surface area contributed by atoms with Crippen molar-refractivity contribution in [2.45, 2.75) is 392 Å². The van der Waals surface area contributed by atoms with Gasteiger partial charge in [0.05, 0.1) is 25.4 Å². The SMILES string of the molecule is CCCCC/C=C\C/C=C\CCCCCCCCCC(=O)OCCCCCCCCCCCCC/C=C\CCCCCCCCCC(=O)NC(CO)C(O)/C=C/CCCCCCCCCCCCCCCCCCCCCCC. The number of aliphatic hydroxyl groups excluding tert-OH is 2. The molecule has 0 saturated heterocycles. The van der Waals surface area contributed by atoms with Crippen LogP contribution >= 0.6 is 0 Å². The van der Waals surface area contributed by atoms with E-state index in [4.69, 9.17) is 4.74 Å². The molecule has 0 spiro atoms. The van der Waals surface area contributed by atoms with E-state index < -0.39 is 12.1 Å². The first-order valence-electron chi connectivity index (χ1n) is 35.4. The fourth-order valence-electron chi connectivity index (χ4n) is 10.9. The fourth-order valence-corrected chi connectivity index (χ4v) is 10.9. The van der Waals surface area contributed by atoms with Gasteiger partial charge in [-0.05, 0) is 89.9 Å². The number of rotatable bonds is 66. The van der Waals surface area contributed by atoms with Crippen LogP contribution in [0.4, 0.5) is 0 Å². The normalized spacial score (nSPS) is 12.8. The van der Waals surface area contributed by atoms with Crippen LogP contribution < -0.4 is 5.32 Å². The molecule has 0 heterocycles. The third-order valence-electron chi connectivity index (χ3n) is 16.3. The quantitative estimate of drug-likeness (QED) is 0.0320. The van der Waals surface area contributed by atoms with Crippen molar-refractivity contribution in [3.63, 3.8) is 0 Å². The van der Waals surface area contributed by atoms with Gasteiger partial charge in [-0.25, -0.2) is 0 Å². The van der Waals surface area contributed by atoms with E-state index in [0.717, 1.165) is 57.8 Å². The van der Waals surface area contributed by atoms with Gasteiger partial charge in [-0.2, -0.15) is 0 Å². The number of hydrogen-bond acceptors (Lipinski definition) is 5. The summed E-state index contributed by atoms with van der Waals surface area (Å²) < 4.78 is 5.49. The molecule has 0 saturated carbocycles. The van der Waals surface area contributed by atoms with E-state index in [1.165, 1.54) is 295 Å². The molecule has 0 aromatic rings. The van der Waals surface area contributed by atoms with Gasteiger partial charge in [0.25, 0.3) is 0 Å². The third-order valence-corrected chi connectivity index (χ3v) is 16.3. The van der Waals surface area contributed by atoms with Gasteiger partial charge in [-0.15, -0.1) is 0 Å². The van der Waals surface area contributed by atoms with Crippen LogP contribution in [0.15, 0.2) is 48.6 Å². The summed E-state index contributed by atoms with van der Waals surface area (Å²) >= 11 is 0. The van der Waals surface area contributed by atoms with E-state index in [1.807, 2.05) is 6.08 Å². The van der Waals surface area contributed by atoms with Crippen LogP contribution in [0.2, 0.25) is 0 Å². The van der Waals surface area contributed by atoms with Crippen LogP contribution in [0.3, 0.4) is 0 Å². The van der Waals surface area contributed by atoms with Crippen molar-refractivity contribution in [2.24, 2.45) is 0 Å². The number of esters is 1. The predicted octanol–water partition coefficient (Wildman–Crippen LogP) is 22.9. The van der Waals surface area contributed by atoms with E-state index in [2.05, 4.69) is 55.6 Å². The van der Waals surface area contributed by atoms with Crippen molar-refractivity contribution < 1.29 is 24.5 Å². The lowest BCUT2D eigenvalue weighted by Gasteiger charge is -2.20. The third kappa shape index (κ3) is 64.8. The Morgan fingerprint density at radius 1 is 0.354 bits per heavy atom. The average molecular weight is 1110 g/mol. The van der Waals surface area contributed by atoms with Crippen molar-refractivity contribution >= 4 is 11.9 Å². The van der Waals surface area contributed by atoms with E-state index >= 15 is 0 Å². The summed E-state index contributed by atoms with van der Waals surface area (Å²) in [7, 11) is 0.